The minimum absolute atomic E-state index is 0.238. The Balaban J connectivity index is 3.11. The van der Waals surface area contributed by atoms with E-state index in [4.69, 9.17) is 10.8 Å². The second kappa shape index (κ2) is 4.99. The van der Waals surface area contributed by atoms with E-state index in [1.807, 2.05) is 32.9 Å². The van der Waals surface area contributed by atoms with Crippen molar-refractivity contribution in [3.63, 3.8) is 0 Å². The fraction of sp³-hybridized carbons (Fsp3) is 0.417. The SMILES string of the molecule is Cc1ccc([C@H](N)C(=O)O)c(NC(C)C)c1. The molecule has 0 amide bonds. The van der Waals surface area contributed by atoms with Gasteiger partial charge in [0.25, 0.3) is 0 Å². The number of anilines is 1. The van der Waals surface area contributed by atoms with Gasteiger partial charge in [0.2, 0.25) is 0 Å². The Morgan fingerprint density at radius 1 is 1.44 bits per heavy atom. The van der Waals surface area contributed by atoms with Crippen LogP contribution in [0.4, 0.5) is 5.69 Å². The van der Waals surface area contributed by atoms with Gasteiger partial charge < -0.3 is 16.2 Å². The molecule has 4 nitrogen and oxygen atoms in total. The number of aryl methyl sites for hydroxylation is 1. The number of carboxylic acids is 1. The lowest BCUT2D eigenvalue weighted by Crippen LogP contribution is -2.23. The summed E-state index contributed by atoms with van der Waals surface area (Å²) in [7, 11) is 0. The van der Waals surface area contributed by atoms with Crippen molar-refractivity contribution in [3.05, 3.63) is 29.3 Å². The Morgan fingerprint density at radius 3 is 2.56 bits per heavy atom. The van der Waals surface area contributed by atoms with E-state index in [2.05, 4.69) is 5.32 Å². The molecule has 1 aromatic carbocycles. The zero-order valence-electron chi connectivity index (χ0n) is 9.82. The fourth-order valence-corrected chi connectivity index (χ4v) is 1.51. The average Bonchev–Trinajstić information content (AvgIpc) is 2.15. The predicted octanol–water partition coefficient (Wildman–Crippen LogP) is 1.90. The number of hydrogen-bond donors (Lipinski definition) is 3. The number of nitrogens with one attached hydrogen (secondary N) is 1. The van der Waals surface area contributed by atoms with Crippen molar-refractivity contribution >= 4 is 11.7 Å². The van der Waals surface area contributed by atoms with Crippen LogP contribution in [0, 0.1) is 6.92 Å². The van der Waals surface area contributed by atoms with Gasteiger partial charge >= 0.3 is 5.97 Å². The largest absolute Gasteiger partial charge is 0.480 e. The van der Waals surface area contributed by atoms with Gasteiger partial charge in [-0.25, -0.2) is 0 Å². The Hall–Kier alpha value is -1.55. The number of carbonyl (C=O) groups is 1. The van der Waals surface area contributed by atoms with Gasteiger partial charge in [-0.05, 0) is 32.4 Å². The van der Waals surface area contributed by atoms with Crippen LogP contribution in [-0.2, 0) is 4.79 Å². The van der Waals surface area contributed by atoms with Gasteiger partial charge in [0.05, 0.1) is 0 Å². The number of hydrogen-bond acceptors (Lipinski definition) is 3. The van der Waals surface area contributed by atoms with E-state index in [0.717, 1.165) is 11.3 Å². The molecular formula is C12H18N2O2. The van der Waals surface area contributed by atoms with E-state index in [0.29, 0.717) is 5.56 Å². The highest BCUT2D eigenvalue weighted by Crippen LogP contribution is 2.23. The molecule has 0 bridgehead atoms. The summed E-state index contributed by atoms with van der Waals surface area (Å²) in [5.41, 5.74) is 8.11. The van der Waals surface area contributed by atoms with Crippen LogP contribution in [0.2, 0.25) is 0 Å². The second-order valence-electron chi connectivity index (χ2n) is 4.21. The third-order valence-corrected chi connectivity index (χ3v) is 2.25. The molecular weight excluding hydrogens is 204 g/mol. The lowest BCUT2D eigenvalue weighted by molar-refractivity contribution is -0.138. The summed E-state index contributed by atoms with van der Waals surface area (Å²) in [6.07, 6.45) is 0. The van der Waals surface area contributed by atoms with E-state index in [1.165, 1.54) is 0 Å². The molecule has 1 atom stereocenters. The van der Waals surface area contributed by atoms with E-state index in [9.17, 15) is 4.79 Å². The van der Waals surface area contributed by atoms with Crippen molar-refractivity contribution in [2.75, 3.05) is 5.32 Å². The van der Waals surface area contributed by atoms with E-state index < -0.39 is 12.0 Å². The molecule has 0 heterocycles. The van der Waals surface area contributed by atoms with Crippen molar-refractivity contribution in [2.24, 2.45) is 5.73 Å². The molecule has 4 N–H and O–H groups in total. The van der Waals surface area contributed by atoms with E-state index in [1.54, 1.807) is 6.07 Å². The summed E-state index contributed by atoms with van der Waals surface area (Å²) < 4.78 is 0. The maximum absolute atomic E-state index is 10.9. The zero-order valence-corrected chi connectivity index (χ0v) is 9.82. The minimum atomic E-state index is -1.02. The van der Waals surface area contributed by atoms with Gasteiger partial charge in [-0.2, -0.15) is 0 Å². The molecule has 1 aromatic rings. The van der Waals surface area contributed by atoms with Crippen LogP contribution in [0.3, 0.4) is 0 Å². The molecule has 0 aliphatic rings. The first kappa shape index (κ1) is 12.5. The highest BCUT2D eigenvalue weighted by atomic mass is 16.4. The van der Waals surface area contributed by atoms with Crippen molar-refractivity contribution in [2.45, 2.75) is 32.9 Å². The van der Waals surface area contributed by atoms with Gasteiger partial charge in [0.1, 0.15) is 6.04 Å². The highest BCUT2D eigenvalue weighted by molar-refractivity contribution is 5.78. The highest BCUT2D eigenvalue weighted by Gasteiger charge is 2.18. The monoisotopic (exact) mass is 222 g/mol. The zero-order chi connectivity index (χ0) is 12.3. The smallest absolute Gasteiger partial charge is 0.325 e. The maximum Gasteiger partial charge on any atom is 0.325 e. The van der Waals surface area contributed by atoms with Gasteiger partial charge in [-0.15, -0.1) is 0 Å². The van der Waals surface area contributed by atoms with Crippen LogP contribution >= 0.6 is 0 Å². The quantitative estimate of drug-likeness (QED) is 0.727. The summed E-state index contributed by atoms with van der Waals surface area (Å²) in [5, 5.41) is 12.1. The molecule has 4 heteroatoms. The molecule has 0 saturated heterocycles. The third-order valence-electron chi connectivity index (χ3n) is 2.25. The van der Waals surface area contributed by atoms with Gasteiger partial charge in [0, 0.05) is 17.3 Å². The van der Waals surface area contributed by atoms with Crippen LogP contribution in [0.25, 0.3) is 0 Å². The molecule has 0 aromatic heterocycles. The third kappa shape index (κ3) is 2.97. The Kier molecular flexibility index (Phi) is 3.90. The molecule has 0 spiro atoms. The summed E-state index contributed by atoms with van der Waals surface area (Å²) in [4.78, 5) is 10.9. The Bertz CT molecular complexity index is 389. The number of aliphatic carboxylic acids is 1. The van der Waals surface area contributed by atoms with Gasteiger partial charge in [0.15, 0.2) is 0 Å². The van der Waals surface area contributed by atoms with E-state index in [-0.39, 0.29) is 6.04 Å². The Morgan fingerprint density at radius 2 is 2.06 bits per heavy atom. The maximum atomic E-state index is 10.9. The van der Waals surface area contributed by atoms with Gasteiger partial charge in [-0.3, -0.25) is 4.79 Å². The molecule has 16 heavy (non-hydrogen) atoms. The summed E-state index contributed by atoms with van der Waals surface area (Å²) in [5.74, 6) is -1.02. The molecule has 0 saturated carbocycles. The van der Waals surface area contributed by atoms with Crippen LogP contribution < -0.4 is 11.1 Å². The van der Waals surface area contributed by atoms with Crippen LogP contribution in [0.5, 0.6) is 0 Å². The first-order chi connectivity index (χ1) is 7.41. The predicted molar refractivity (Wildman–Crippen MR) is 64.5 cm³/mol. The van der Waals surface area contributed by atoms with Crippen molar-refractivity contribution < 1.29 is 9.90 Å². The topological polar surface area (TPSA) is 75.4 Å². The molecule has 0 fully saturated rings. The average molecular weight is 222 g/mol. The lowest BCUT2D eigenvalue weighted by Gasteiger charge is -2.17. The molecule has 0 unspecified atom stereocenters. The number of nitrogens with two attached hydrogens (primary N) is 1. The minimum Gasteiger partial charge on any atom is -0.480 e. The normalized spacial score (nSPS) is 12.6. The van der Waals surface area contributed by atoms with Gasteiger partial charge in [-0.1, -0.05) is 12.1 Å². The summed E-state index contributed by atoms with van der Waals surface area (Å²) >= 11 is 0. The lowest BCUT2D eigenvalue weighted by atomic mass is 10.0. The Labute approximate surface area is 95.5 Å². The number of rotatable bonds is 4. The van der Waals surface area contributed by atoms with Crippen molar-refractivity contribution in [1.82, 2.24) is 0 Å². The first-order valence-electron chi connectivity index (χ1n) is 5.27. The summed E-state index contributed by atoms with van der Waals surface area (Å²) in [6.45, 7) is 5.96. The first-order valence-corrected chi connectivity index (χ1v) is 5.27. The number of benzene rings is 1. The number of carboxylic acid groups (broad SMARTS) is 1. The molecule has 0 aliphatic carbocycles. The molecule has 0 radical (unpaired) electrons. The molecule has 0 aliphatic heterocycles. The molecule has 1 rings (SSSR count). The van der Waals surface area contributed by atoms with Crippen molar-refractivity contribution in [3.8, 4) is 0 Å². The molecule has 88 valence electrons. The van der Waals surface area contributed by atoms with Crippen LogP contribution in [0.1, 0.15) is 31.0 Å². The second-order valence-corrected chi connectivity index (χ2v) is 4.21. The standard InChI is InChI=1S/C12H18N2O2/c1-7(2)14-10-6-8(3)4-5-9(10)11(13)12(15)16/h4-7,11,14H,13H2,1-3H3,(H,15,16)/t11-/m0/s1. The van der Waals surface area contributed by atoms with Crippen LogP contribution in [0.15, 0.2) is 18.2 Å². The van der Waals surface area contributed by atoms with E-state index >= 15 is 0 Å². The summed E-state index contributed by atoms with van der Waals surface area (Å²) in [6, 6.07) is 4.80. The van der Waals surface area contributed by atoms with Crippen LogP contribution in [-0.4, -0.2) is 17.1 Å². The van der Waals surface area contributed by atoms with Crippen molar-refractivity contribution in [1.29, 1.82) is 0 Å². The fourth-order valence-electron chi connectivity index (χ4n) is 1.51.